The van der Waals surface area contributed by atoms with E-state index < -0.39 is 0 Å². The second-order valence-electron chi connectivity index (χ2n) is 5.28. The van der Waals surface area contributed by atoms with Gasteiger partial charge in [0, 0.05) is 26.2 Å². The molecule has 0 amide bonds. The number of hydrogen-bond acceptors (Lipinski definition) is 4. The number of benzene rings is 2. The van der Waals surface area contributed by atoms with Crippen LogP contribution in [0.4, 0.5) is 5.69 Å². The smallest absolute Gasteiger partial charge is 0.120 e. The lowest BCUT2D eigenvalue weighted by Gasteiger charge is -2.14. The van der Waals surface area contributed by atoms with Gasteiger partial charge in [0.15, 0.2) is 0 Å². The van der Waals surface area contributed by atoms with Crippen LogP contribution in [-0.4, -0.2) is 19.1 Å². The van der Waals surface area contributed by atoms with Crippen LogP contribution in [0.25, 0.3) is 0 Å². The van der Waals surface area contributed by atoms with E-state index in [-0.39, 0.29) is 5.37 Å². The minimum Gasteiger partial charge on any atom is -0.378 e. The first-order valence-electron chi connectivity index (χ1n) is 7.02. The predicted molar refractivity (Wildman–Crippen MR) is 91.8 cm³/mol. The lowest BCUT2D eigenvalue weighted by molar-refractivity contribution is 0.742. The second kappa shape index (κ2) is 6.22. The van der Waals surface area contributed by atoms with Crippen molar-refractivity contribution in [3.05, 3.63) is 65.7 Å². The van der Waals surface area contributed by atoms with E-state index in [2.05, 4.69) is 78.1 Å². The van der Waals surface area contributed by atoms with E-state index in [1.54, 1.807) is 11.8 Å². The van der Waals surface area contributed by atoms with E-state index in [1.807, 2.05) is 6.07 Å². The lowest BCUT2D eigenvalue weighted by Crippen LogP contribution is -2.10. The molecule has 21 heavy (non-hydrogen) atoms. The Kier molecular flexibility index (Phi) is 4.15. The lowest BCUT2D eigenvalue weighted by atomic mass is 10.2. The maximum absolute atomic E-state index is 4.47. The van der Waals surface area contributed by atoms with Crippen molar-refractivity contribution in [1.82, 2.24) is 5.43 Å². The molecule has 0 unspecified atom stereocenters. The zero-order chi connectivity index (χ0) is 14.7. The summed E-state index contributed by atoms with van der Waals surface area (Å²) in [5.74, 6) is 0. The molecule has 0 saturated carbocycles. The molecule has 108 valence electrons. The number of rotatable bonds is 4. The highest BCUT2D eigenvalue weighted by molar-refractivity contribution is 8.14. The molecule has 2 aromatic carbocycles. The van der Waals surface area contributed by atoms with Crippen molar-refractivity contribution >= 4 is 22.5 Å². The van der Waals surface area contributed by atoms with Gasteiger partial charge in [-0.1, -0.05) is 54.2 Å². The Morgan fingerprint density at radius 3 is 2.43 bits per heavy atom. The van der Waals surface area contributed by atoms with Crippen molar-refractivity contribution in [2.45, 2.75) is 11.8 Å². The summed E-state index contributed by atoms with van der Waals surface area (Å²) in [6.45, 7) is 0. The summed E-state index contributed by atoms with van der Waals surface area (Å²) in [7, 11) is 4.11. The van der Waals surface area contributed by atoms with Gasteiger partial charge in [-0.3, -0.25) is 5.43 Å². The van der Waals surface area contributed by atoms with E-state index in [1.165, 1.54) is 16.8 Å². The molecule has 1 heterocycles. The maximum Gasteiger partial charge on any atom is 0.120 e. The Labute approximate surface area is 130 Å². The van der Waals surface area contributed by atoms with Crippen LogP contribution in [0.3, 0.4) is 0 Å². The maximum atomic E-state index is 4.47. The van der Waals surface area contributed by atoms with Crippen LogP contribution in [0.2, 0.25) is 0 Å². The van der Waals surface area contributed by atoms with Crippen molar-refractivity contribution in [2.75, 3.05) is 19.0 Å². The van der Waals surface area contributed by atoms with Crippen LogP contribution in [0.5, 0.6) is 0 Å². The van der Waals surface area contributed by atoms with Crippen LogP contribution < -0.4 is 10.3 Å². The van der Waals surface area contributed by atoms with E-state index in [4.69, 9.17) is 0 Å². The average molecular weight is 297 g/mol. The molecule has 1 atom stereocenters. The Balaban J connectivity index is 1.63. The van der Waals surface area contributed by atoms with Gasteiger partial charge in [0.2, 0.25) is 0 Å². The van der Waals surface area contributed by atoms with Crippen molar-refractivity contribution in [3.8, 4) is 0 Å². The zero-order valence-corrected chi connectivity index (χ0v) is 13.1. The van der Waals surface area contributed by atoms with Gasteiger partial charge >= 0.3 is 0 Å². The molecule has 0 aromatic heterocycles. The fourth-order valence-corrected chi connectivity index (χ4v) is 3.29. The molecule has 0 spiro atoms. The summed E-state index contributed by atoms with van der Waals surface area (Å²) >= 11 is 1.80. The molecule has 0 aliphatic carbocycles. The number of nitrogens with one attached hydrogen (secondary N) is 1. The molecule has 4 heteroatoms. The first-order valence-corrected chi connectivity index (χ1v) is 7.90. The van der Waals surface area contributed by atoms with Gasteiger partial charge in [-0.15, -0.1) is 0 Å². The van der Waals surface area contributed by atoms with Gasteiger partial charge in [0.25, 0.3) is 0 Å². The van der Waals surface area contributed by atoms with Crippen molar-refractivity contribution < 1.29 is 0 Å². The topological polar surface area (TPSA) is 27.6 Å². The largest absolute Gasteiger partial charge is 0.378 e. The third-order valence-corrected chi connectivity index (χ3v) is 4.59. The van der Waals surface area contributed by atoms with E-state index >= 15 is 0 Å². The molecule has 1 aliphatic heterocycles. The number of anilines is 1. The molecular formula is C17H19N3S. The number of hydrazone groups is 1. The second-order valence-corrected chi connectivity index (χ2v) is 6.46. The summed E-state index contributed by atoms with van der Waals surface area (Å²) in [4.78, 5) is 2.11. The van der Waals surface area contributed by atoms with Gasteiger partial charge in [-0.2, -0.15) is 5.10 Å². The normalized spacial score (nSPS) is 17.2. The first kappa shape index (κ1) is 14.0. The fraction of sp³-hybridized carbons (Fsp3) is 0.235. The standard InChI is InChI=1S/C17H19N3S/c1-20(2)15-10-8-14(9-11-15)17-19-18-16(21-17)12-13-6-4-3-5-7-13/h3-11,17,19H,12H2,1-2H3/t17-/m1/s1. The molecule has 0 fully saturated rings. The molecule has 1 aliphatic rings. The van der Waals surface area contributed by atoms with Crippen LogP contribution >= 0.6 is 11.8 Å². The van der Waals surface area contributed by atoms with Gasteiger partial charge in [0.05, 0.1) is 5.04 Å². The Bertz CT molecular complexity index is 620. The van der Waals surface area contributed by atoms with Crippen LogP contribution in [0, 0.1) is 0 Å². The van der Waals surface area contributed by atoms with Gasteiger partial charge in [-0.05, 0) is 23.3 Å². The van der Waals surface area contributed by atoms with Crippen LogP contribution in [0.15, 0.2) is 59.7 Å². The molecule has 3 nitrogen and oxygen atoms in total. The molecule has 3 rings (SSSR count). The van der Waals surface area contributed by atoms with E-state index in [9.17, 15) is 0 Å². The molecule has 2 aromatic rings. The zero-order valence-electron chi connectivity index (χ0n) is 12.3. The number of hydrogen-bond donors (Lipinski definition) is 1. The van der Waals surface area contributed by atoms with E-state index in [0.717, 1.165) is 11.5 Å². The highest BCUT2D eigenvalue weighted by atomic mass is 32.2. The number of thioether (sulfide) groups is 1. The van der Waals surface area contributed by atoms with Crippen molar-refractivity contribution in [3.63, 3.8) is 0 Å². The molecule has 0 bridgehead atoms. The van der Waals surface area contributed by atoms with Gasteiger partial charge in [0.1, 0.15) is 5.37 Å². The Morgan fingerprint density at radius 2 is 1.76 bits per heavy atom. The minimum absolute atomic E-state index is 0.222. The van der Waals surface area contributed by atoms with Gasteiger partial charge < -0.3 is 4.90 Å². The Morgan fingerprint density at radius 1 is 1.05 bits per heavy atom. The molecule has 1 N–H and O–H groups in total. The molecular weight excluding hydrogens is 278 g/mol. The third kappa shape index (κ3) is 3.39. The quantitative estimate of drug-likeness (QED) is 0.933. The van der Waals surface area contributed by atoms with Crippen LogP contribution in [0.1, 0.15) is 16.5 Å². The summed E-state index contributed by atoms with van der Waals surface area (Å²) < 4.78 is 0. The SMILES string of the molecule is CN(C)c1ccc([C@@H]2NN=C(Cc3ccccc3)S2)cc1. The van der Waals surface area contributed by atoms with E-state index in [0.29, 0.717) is 0 Å². The number of nitrogens with zero attached hydrogens (tertiary/aromatic N) is 2. The van der Waals surface area contributed by atoms with Crippen LogP contribution in [-0.2, 0) is 6.42 Å². The summed E-state index contributed by atoms with van der Waals surface area (Å²) in [6, 6.07) is 19.1. The highest BCUT2D eigenvalue weighted by Gasteiger charge is 2.20. The molecule has 0 saturated heterocycles. The van der Waals surface area contributed by atoms with Crippen molar-refractivity contribution in [1.29, 1.82) is 0 Å². The summed E-state index contributed by atoms with van der Waals surface area (Å²) in [6.07, 6.45) is 0.894. The monoisotopic (exact) mass is 297 g/mol. The molecule has 0 radical (unpaired) electrons. The third-order valence-electron chi connectivity index (χ3n) is 3.47. The van der Waals surface area contributed by atoms with Gasteiger partial charge in [-0.25, -0.2) is 0 Å². The summed E-state index contributed by atoms with van der Waals surface area (Å²) in [5.41, 5.74) is 7.01. The predicted octanol–water partition coefficient (Wildman–Crippen LogP) is 3.64. The average Bonchev–Trinajstić information content (AvgIpc) is 2.97. The first-order chi connectivity index (χ1) is 10.2. The minimum atomic E-state index is 0.222. The fourth-order valence-electron chi connectivity index (χ4n) is 2.26. The van der Waals surface area contributed by atoms with Crippen molar-refractivity contribution in [2.24, 2.45) is 5.10 Å². The summed E-state index contributed by atoms with van der Waals surface area (Å²) in [5, 5.41) is 5.83. The Hall–Kier alpha value is -1.94. The highest BCUT2D eigenvalue weighted by Crippen LogP contribution is 2.33.